The quantitative estimate of drug-likeness (QED) is 0.373. The van der Waals surface area contributed by atoms with E-state index in [0.29, 0.717) is 0 Å². The molecular weight excluding hydrogens is 282 g/mol. The third-order valence-corrected chi connectivity index (χ3v) is 6.12. The monoisotopic (exact) mass is 299 g/mol. The van der Waals surface area contributed by atoms with E-state index in [4.69, 9.17) is 4.74 Å². The van der Waals surface area contributed by atoms with Crippen LogP contribution in [-0.2, 0) is 9.53 Å². The first-order valence-electron chi connectivity index (χ1n) is 7.77. The molecule has 0 unspecified atom stereocenters. The highest BCUT2D eigenvalue weighted by Gasteiger charge is 2.68. The predicted octanol–water partition coefficient (Wildman–Crippen LogP) is -0.0532. The van der Waals surface area contributed by atoms with Crippen molar-refractivity contribution in [1.82, 2.24) is 4.90 Å². The van der Waals surface area contributed by atoms with Crippen molar-refractivity contribution in [2.45, 2.75) is 37.2 Å². The zero-order valence-corrected chi connectivity index (χ0v) is 12.3. The van der Waals surface area contributed by atoms with Crippen LogP contribution >= 0.6 is 0 Å². The van der Waals surface area contributed by atoms with Gasteiger partial charge in [0.1, 0.15) is 0 Å². The number of carbonyl (C=O) groups excluding carboxylic acids is 1. The van der Waals surface area contributed by atoms with Gasteiger partial charge in [-0.15, -0.1) is 0 Å². The molecule has 0 amide bonds. The Labute approximate surface area is 128 Å². The van der Waals surface area contributed by atoms with Gasteiger partial charge in [0.25, 0.3) is 0 Å². The van der Waals surface area contributed by atoms with E-state index >= 15 is 0 Å². The van der Waals surface area contributed by atoms with Gasteiger partial charge in [0.05, 0.1) is 11.3 Å². The molecule has 2 N–H and O–H groups in total. The summed E-state index contributed by atoms with van der Waals surface area (Å²) in [5, 5.41) is 20.6. The smallest absolute Gasteiger partial charge is 0.246 e. The maximum atomic E-state index is 12.4. The summed E-state index contributed by atoms with van der Waals surface area (Å²) in [6.07, 6.45) is 2.93. The highest BCUT2D eigenvalue weighted by atomic mass is 16.6. The lowest BCUT2D eigenvalue weighted by Crippen LogP contribution is -2.62. The van der Waals surface area contributed by atoms with Crippen LogP contribution in [0.2, 0.25) is 0 Å². The lowest BCUT2D eigenvalue weighted by molar-refractivity contribution is -0.166. The molecular formula is C17H17NO4. The number of ether oxygens (including phenoxy) is 1. The van der Waals surface area contributed by atoms with Gasteiger partial charge in [-0.3, -0.25) is 4.79 Å². The van der Waals surface area contributed by atoms with Crippen LogP contribution in [0, 0.1) is 23.2 Å². The highest BCUT2D eigenvalue weighted by molar-refractivity contribution is 6.02. The lowest BCUT2D eigenvalue weighted by atomic mass is 9.52. The van der Waals surface area contributed by atoms with E-state index in [0.717, 1.165) is 30.5 Å². The fourth-order valence-electron chi connectivity index (χ4n) is 5.09. The molecule has 5 aliphatic rings. The molecule has 5 heteroatoms. The van der Waals surface area contributed by atoms with E-state index < -0.39 is 17.3 Å². The summed E-state index contributed by atoms with van der Waals surface area (Å²) in [7, 11) is 2.10. The number of ketones is 1. The Morgan fingerprint density at radius 3 is 3.09 bits per heavy atom. The van der Waals surface area contributed by atoms with E-state index in [-0.39, 0.29) is 29.9 Å². The van der Waals surface area contributed by atoms with Gasteiger partial charge >= 0.3 is 0 Å². The van der Waals surface area contributed by atoms with Gasteiger partial charge in [-0.2, -0.15) is 0 Å². The van der Waals surface area contributed by atoms with Gasteiger partial charge in [-0.05, 0) is 37.9 Å². The van der Waals surface area contributed by atoms with Gasteiger partial charge in [0.15, 0.2) is 11.9 Å². The number of aliphatic hydroxyl groups is 2. The zero-order valence-electron chi connectivity index (χ0n) is 12.3. The van der Waals surface area contributed by atoms with E-state index in [1.54, 1.807) is 0 Å². The van der Waals surface area contributed by atoms with Crippen molar-refractivity contribution < 1.29 is 19.7 Å². The first kappa shape index (κ1) is 12.9. The fraction of sp³-hybridized carbons (Fsp3) is 0.588. The Morgan fingerprint density at radius 2 is 2.27 bits per heavy atom. The molecule has 0 aromatic carbocycles. The largest absolute Gasteiger partial charge is 0.479 e. The van der Waals surface area contributed by atoms with Crippen LogP contribution in [-0.4, -0.2) is 52.4 Å². The normalized spacial score (nSPS) is 43.9. The molecule has 2 heterocycles. The number of hydrogen-bond acceptors (Lipinski definition) is 5. The van der Waals surface area contributed by atoms with E-state index in [1.165, 1.54) is 0 Å². The molecule has 0 aromatic rings. The van der Waals surface area contributed by atoms with E-state index in [2.05, 4.69) is 23.8 Å². The van der Waals surface area contributed by atoms with Crippen LogP contribution in [0.5, 0.6) is 0 Å². The van der Waals surface area contributed by atoms with Crippen molar-refractivity contribution >= 4 is 5.78 Å². The third-order valence-electron chi connectivity index (χ3n) is 6.12. The average molecular weight is 299 g/mol. The Balaban J connectivity index is 1.81. The molecule has 3 aliphatic carbocycles. The molecule has 1 spiro atoms. The van der Waals surface area contributed by atoms with Gasteiger partial charge < -0.3 is 19.8 Å². The summed E-state index contributed by atoms with van der Waals surface area (Å²) < 4.78 is 5.86. The summed E-state index contributed by atoms with van der Waals surface area (Å²) in [6.45, 7) is 0.865. The average Bonchev–Trinajstić information content (AvgIpc) is 2.83. The van der Waals surface area contributed by atoms with Crippen molar-refractivity contribution in [3.8, 4) is 11.8 Å². The lowest BCUT2D eigenvalue weighted by Gasteiger charge is -2.55. The summed E-state index contributed by atoms with van der Waals surface area (Å²) in [5.41, 5.74) is 1.49. The molecule has 5 nitrogen and oxygen atoms in total. The molecule has 5 rings (SSSR count). The summed E-state index contributed by atoms with van der Waals surface area (Å²) in [5.74, 6) is 3.85. The van der Waals surface area contributed by atoms with E-state index in [9.17, 15) is 15.0 Å². The SMILES string of the molecule is CN1CC[C@]23C4=C5O[C@H]2C(=O)C#C[C@H]3[C@H]1CC4=CCC5(O)O. The summed E-state index contributed by atoms with van der Waals surface area (Å²) in [6, 6.07) is 0.264. The Bertz CT molecular complexity index is 737. The second kappa shape index (κ2) is 3.65. The highest BCUT2D eigenvalue weighted by Crippen LogP contribution is 2.64. The fourth-order valence-corrected chi connectivity index (χ4v) is 5.09. The van der Waals surface area contributed by atoms with E-state index in [1.807, 2.05) is 6.08 Å². The van der Waals surface area contributed by atoms with Gasteiger partial charge in [-0.1, -0.05) is 12.0 Å². The van der Waals surface area contributed by atoms with Crippen molar-refractivity contribution in [3.05, 3.63) is 23.0 Å². The third kappa shape index (κ3) is 1.22. The molecule has 1 saturated carbocycles. The second-order valence-corrected chi connectivity index (χ2v) is 7.11. The number of rotatable bonds is 0. The number of likely N-dealkylation sites (tertiary alicyclic amines) is 1. The minimum absolute atomic E-state index is 0.0208. The number of carbonyl (C=O) groups is 1. The summed E-state index contributed by atoms with van der Waals surface area (Å²) >= 11 is 0. The molecule has 114 valence electrons. The van der Waals surface area contributed by atoms with Gasteiger partial charge in [0, 0.05) is 18.0 Å². The number of Topliss-reactive ketones (excluding diaryl/α,β-unsaturated/α-hetero) is 1. The molecule has 2 bridgehead atoms. The number of piperidine rings is 1. The maximum absolute atomic E-state index is 12.4. The molecule has 0 aromatic heterocycles. The van der Waals surface area contributed by atoms with Crippen LogP contribution in [0.4, 0.5) is 0 Å². The molecule has 0 radical (unpaired) electrons. The van der Waals surface area contributed by atoms with Crippen molar-refractivity contribution in [2.24, 2.45) is 11.3 Å². The molecule has 2 aliphatic heterocycles. The maximum Gasteiger partial charge on any atom is 0.246 e. The van der Waals surface area contributed by atoms with Crippen LogP contribution in [0.1, 0.15) is 19.3 Å². The van der Waals surface area contributed by atoms with Crippen LogP contribution in [0.25, 0.3) is 0 Å². The van der Waals surface area contributed by atoms with Crippen LogP contribution in [0.15, 0.2) is 23.0 Å². The van der Waals surface area contributed by atoms with Crippen LogP contribution < -0.4 is 0 Å². The van der Waals surface area contributed by atoms with Gasteiger partial charge in [-0.25, -0.2) is 0 Å². The molecule has 2 fully saturated rings. The zero-order chi connectivity index (χ0) is 15.3. The predicted molar refractivity (Wildman–Crippen MR) is 76.1 cm³/mol. The standard InChI is InChI=1S/C17H17NO4/c1-18-7-6-16-10-2-3-12(19)14(16)22-15-13(16)9(8-11(10)18)4-5-17(15,20)21/h4,10-11,14,20-21H,5-8H2,1H3/t10-,11+,14-,16-/m0/s1. The first-order chi connectivity index (χ1) is 10.4. The first-order valence-corrected chi connectivity index (χ1v) is 7.77. The Kier molecular flexibility index (Phi) is 2.14. The topological polar surface area (TPSA) is 70.0 Å². The van der Waals surface area contributed by atoms with Crippen LogP contribution in [0.3, 0.4) is 0 Å². The molecule has 4 atom stereocenters. The van der Waals surface area contributed by atoms with Crippen molar-refractivity contribution in [2.75, 3.05) is 13.6 Å². The van der Waals surface area contributed by atoms with Crippen molar-refractivity contribution in [3.63, 3.8) is 0 Å². The van der Waals surface area contributed by atoms with Crippen molar-refractivity contribution in [1.29, 1.82) is 0 Å². The summed E-state index contributed by atoms with van der Waals surface area (Å²) in [4.78, 5) is 14.7. The minimum Gasteiger partial charge on any atom is -0.479 e. The second-order valence-electron chi connectivity index (χ2n) is 7.11. The van der Waals surface area contributed by atoms with Gasteiger partial charge in [0.2, 0.25) is 11.6 Å². The molecule has 1 saturated heterocycles. The minimum atomic E-state index is -2.01. The Morgan fingerprint density at radius 1 is 1.45 bits per heavy atom. The Hall–Kier alpha value is -1.61. The number of hydrogen-bond donors (Lipinski definition) is 2. The number of nitrogens with zero attached hydrogens (tertiary/aromatic N) is 1. The molecule has 22 heavy (non-hydrogen) atoms.